The van der Waals surface area contributed by atoms with Gasteiger partial charge in [0.05, 0.1) is 5.02 Å². The van der Waals surface area contributed by atoms with Gasteiger partial charge in [0.25, 0.3) is 0 Å². The number of hydrogen-bond donors (Lipinski definition) is 1. The summed E-state index contributed by atoms with van der Waals surface area (Å²) in [6.07, 6.45) is 4.24. The average molecular weight is 300 g/mol. The van der Waals surface area contributed by atoms with Crippen molar-refractivity contribution in [1.82, 2.24) is 5.32 Å². The van der Waals surface area contributed by atoms with Gasteiger partial charge in [-0.25, -0.2) is 4.39 Å². The van der Waals surface area contributed by atoms with Crippen LogP contribution in [0, 0.1) is 11.7 Å². The molecule has 1 aromatic carbocycles. The molecule has 1 fully saturated rings. The summed E-state index contributed by atoms with van der Waals surface area (Å²) in [5, 5.41) is 3.80. The summed E-state index contributed by atoms with van der Waals surface area (Å²) in [4.78, 5) is 0. The Labute approximate surface area is 125 Å². The third kappa shape index (κ3) is 4.10. The summed E-state index contributed by atoms with van der Waals surface area (Å²) in [6, 6.07) is 4.32. The van der Waals surface area contributed by atoms with Gasteiger partial charge in [0, 0.05) is 0 Å². The summed E-state index contributed by atoms with van der Waals surface area (Å²) >= 11 is 6.04. The Morgan fingerprint density at radius 1 is 1.40 bits per heavy atom. The zero-order chi connectivity index (χ0) is 14.6. The van der Waals surface area contributed by atoms with Crippen molar-refractivity contribution in [2.45, 2.75) is 45.1 Å². The first-order valence-electron chi connectivity index (χ1n) is 7.35. The first kappa shape index (κ1) is 15.6. The van der Waals surface area contributed by atoms with E-state index in [-0.39, 0.29) is 11.4 Å². The minimum absolute atomic E-state index is 0.120. The molecule has 0 amide bonds. The maximum absolute atomic E-state index is 13.1. The Morgan fingerprint density at radius 2 is 2.15 bits per heavy atom. The van der Waals surface area contributed by atoms with Crippen molar-refractivity contribution < 1.29 is 9.13 Å². The van der Waals surface area contributed by atoms with Gasteiger partial charge in [-0.1, -0.05) is 25.4 Å². The quantitative estimate of drug-likeness (QED) is 0.753. The van der Waals surface area contributed by atoms with Crippen LogP contribution < -0.4 is 10.1 Å². The predicted octanol–water partition coefficient (Wildman–Crippen LogP) is 4.42. The fourth-order valence-electron chi connectivity index (χ4n) is 2.47. The van der Waals surface area contributed by atoms with Crippen LogP contribution in [-0.4, -0.2) is 18.7 Å². The first-order chi connectivity index (χ1) is 9.51. The van der Waals surface area contributed by atoms with Crippen LogP contribution in [0.5, 0.6) is 5.75 Å². The summed E-state index contributed by atoms with van der Waals surface area (Å²) < 4.78 is 19.1. The Hall–Kier alpha value is -0.800. The van der Waals surface area contributed by atoms with Gasteiger partial charge in [0.15, 0.2) is 0 Å². The molecule has 1 aliphatic carbocycles. The normalized spacial score (nSPS) is 17.1. The highest BCUT2D eigenvalue weighted by Crippen LogP contribution is 2.41. The van der Waals surface area contributed by atoms with E-state index >= 15 is 0 Å². The molecule has 0 saturated heterocycles. The number of benzene rings is 1. The van der Waals surface area contributed by atoms with Gasteiger partial charge in [0.1, 0.15) is 17.2 Å². The number of ether oxygens (including phenoxy) is 1. The van der Waals surface area contributed by atoms with Crippen molar-refractivity contribution in [2.24, 2.45) is 5.92 Å². The highest BCUT2D eigenvalue weighted by molar-refractivity contribution is 6.32. The maximum atomic E-state index is 13.1. The molecule has 0 unspecified atom stereocenters. The molecule has 2 nitrogen and oxygen atoms in total. The molecular formula is C16H23ClFNO. The highest BCUT2D eigenvalue weighted by atomic mass is 35.5. The second-order valence-corrected chi connectivity index (χ2v) is 6.47. The molecular weight excluding hydrogens is 277 g/mol. The van der Waals surface area contributed by atoms with E-state index in [9.17, 15) is 4.39 Å². The van der Waals surface area contributed by atoms with E-state index in [4.69, 9.17) is 16.3 Å². The van der Waals surface area contributed by atoms with Crippen molar-refractivity contribution in [2.75, 3.05) is 13.1 Å². The lowest BCUT2D eigenvalue weighted by molar-refractivity contribution is -0.0143. The molecule has 4 heteroatoms. The maximum Gasteiger partial charge on any atom is 0.138 e. The van der Waals surface area contributed by atoms with Crippen LogP contribution in [0.15, 0.2) is 18.2 Å². The van der Waals surface area contributed by atoms with Gasteiger partial charge in [-0.3, -0.25) is 0 Å². The zero-order valence-corrected chi connectivity index (χ0v) is 13.0. The molecule has 1 aromatic rings. The summed E-state index contributed by atoms with van der Waals surface area (Å²) in [6.45, 7) is 6.35. The third-order valence-electron chi connectivity index (χ3n) is 3.80. The van der Waals surface area contributed by atoms with E-state index in [2.05, 4.69) is 19.2 Å². The lowest BCUT2D eigenvalue weighted by atomic mass is 9.77. The monoisotopic (exact) mass is 299 g/mol. The highest BCUT2D eigenvalue weighted by Gasteiger charge is 2.39. The van der Waals surface area contributed by atoms with Crippen molar-refractivity contribution in [3.8, 4) is 5.75 Å². The lowest BCUT2D eigenvalue weighted by Gasteiger charge is -2.42. The van der Waals surface area contributed by atoms with E-state index in [0.29, 0.717) is 16.7 Å². The van der Waals surface area contributed by atoms with Crippen LogP contribution in [0.1, 0.15) is 39.5 Å². The summed E-state index contributed by atoms with van der Waals surface area (Å²) in [7, 11) is 0. The number of hydrogen-bond acceptors (Lipinski definition) is 2. The largest absolute Gasteiger partial charge is 0.486 e. The van der Waals surface area contributed by atoms with Crippen molar-refractivity contribution >= 4 is 11.6 Å². The van der Waals surface area contributed by atoms with Crippen molar-refractivity contribution in [3.63, 3.8) is 0 Å². The Balaban J connectivity index is 1.90. The fourth-order valence-corrected chi connectivity index (χ4v) is 2.68. The van der Waals surface area contributed by atoms with Gasteiger partial charge in [-0.05, 0) is 62.9 Å². The van der Waals surface area contributed by atoms with Gasteiger partial charge in [-0.2, -0.15) is 0 Å². The summed E-state index contributed by atoms with van der Waals surface area (Å²) in [5.41, 5.74) is -0.120. The molecule has 0 heterocycles. The molecule has 0 radical (unpaired) electrons. The van der Waals surface area contributed by atoms with Crippen LogP contribution in [-0.2, 0) is 0 Å². The second kappa shape index (κ2) is 6.77. The van der Waals surface area contributed by atoms with Gasteiger partial charge in [-0.15, -0.1) is 0 Å². The molecule has 1 aliphatic rings. The zero-order valence-electron chi connectivity index (χ0n) is 12.2. The molecule has 1 N–H and O–H groups in total. The predicted molar refractivity (Wildman–Crippen MR) is 80.9 cm³/mol. The summed E-state index contributed by atoms with van der Waals surface area (Å²) in [5.74, 6) is 0.917. The molecule has 20 heavy (non-hydrogen) atoms. The van der Waals surface area contributed by atoms with Crippen molar-refractivity contribution in [1.29, 1.82) is 0 Å². The molecule has 0 bridgehead atoms. The van der Waals surface area contributed by atoms with Gasteiger partial charge < -0.3 is 10.1 Å². The molecule has 0 atom stereocenters. The Kier molecular flexibility index (Phi) is 5.28. The first-order valence-corrected chi connectivity index (χ1v) is 7.73. The van der Waals surface area contributed by atoms with E-state index in [1.807, 2.05) is 0 Å². The van der Waals surface area contributed by atoms with Crippen LogP contribution in [0.2, 0.25) is 5.02 Å². The standard InChI is InChI=1S/C16H23ClFNO/c1-12(2)11-19-9-8-16(6-3-7-16)20-15-5-4-13(18)10-14(15)17/h4-5,10,12,19H,3,6-9,11H2,1-2H3. The number of nitrogens with one attached hydrogen (secondary N) is 1. The van der Waals surface area contributed by atoms with E-state index in [1.54, 1.807) is 6.07 Å². The van der Waals surface area contributed by atoms with Crippen LogP contribution >= 0.6 is 11.6 Å². The van der Waals surface area contributed by atoms with E-state index in [1.165, 1.54) is 18.6 Å². The van der Waals surface area contributed by atoms with Crippen molar-refractivity contribution in [3.05, 3.63) is 29.0 Å². The van der Waals surface area contributed by atoms with Crippen LogP contribution in [0.4, 0.5) is 4.39 Å². The fraction of sp³-hybridized carbons (Fsp3) is 0.625. The Bertz CT molecular complexity index is 446. The molecule has 0 aliphatic heterocycles. The Morgan fingerprint density at radius 3 is 2.70 bits per heavy atom. The molecule has 0 spiro atoms. The molecule has 0 aromatic heterocycles. The minimum atomic E-state index is -0.330. The number of rotatable bonds is 7. The smallest absolute Gasteiger partial charge is 0.138 e. The number of halogens is 2. The SMILES string of the molecule is CC(C)CNCCC1(Oc2ccc(F)cc2Cl)CCC1. The molecule has 112 valence electrons. The molecule has 2 rings (SSSR count). The minimum Gasteiger partial charge on any atom is -0.486 e. The van der Waals surface area contributed by atoms with Crippen LogP contribution in [0.25, 0.3) is 0 Å². The topological polar surface area (TPSA) is 21.3 Å². The second-order valence-electron chi connectivity index (χ2n) is 6.06. The third-order valence-corrected chi connectivity index (χ3v) is 4.09. The van der Waals surface area contributed by atoms with E-state index in [0.717, 1.165) is 32.4 Å². The lowest BCUT2D eigenvalue weighted by Crippen LogP contribution is -2.45. The van der Waals surface area contributed by atoms with Crippen LogP contribution in [0.3, 0.4) is 0 Å². The van der Waals surface area contributed by atoms with Gasteiger partial charge in [0.2, 0.25) is 0 Å². The van der Waals surface area contributed by atoms with E-state index < -0.39 is 0 Å². The average Bonchev–Trinajstić information content (AvgIpc) is 2.33. The van der Waals surface area contributed by atoms with Gasteiger partial charge >= 0.3 is 0 Å². The molecule has 1 saturated carbocycles.